The molecule has 1 nitrogen and oxygen atoms in total. The highest BCUT2D eigenvalue weighted by Gasteiger charge is 2.29. The van der Waals surface area contributed by atoms with Gasteiger partial charge < -0.3 is 5.32 Å². The molecule has 0 heterocycles. The molecule has 0 spiro atoms. The summed E-state index contributed by atoms with van der Waals surface area (Å²) in [5, 5.41) is 3.85. The smallest absolute Gasteiger partial charge is 0.0488 e. The summed E-state index contributed by atoms with van der Waals surface area (Å²) >= 11 is 6.16. The molecule has 0 amide bonds. The number of hydrogen-bond donors (Lipinski definition) is 1. The zero-order valence-electron chi connectivity index (χ0n) is 8.15. The maximum atomic E-state index is 6.16. The first-order chi connectivity index (χ1) is 5.74. The van der Waals surface area contributed by atoms with Crippen LogP contribution in [0.25, 0.3) is 0 Å². The van der Waals surface area contributed by atoms with Gasteiger partial charge in [0.25, 0.3) is 0 Å². The molecule has 1 aliphatic rings. The van der Waals surface area contributed by atoms with Gasteiger partial charge in [-0.1, -0.05) is 13.3 Å². The summed E-state index contributed by atoms with van der Waals surface area (Å²) in [6.45, 7) is 5.45. The Bertz CT molecular complexity index is 123. The third kappa shape index (κ3) is 3.77. The second kappa shape index (κ2) is 5.08. The Kier molecular flexibility index (Phi) is 4.38. The fraction of sp³-hybridized carbons (Fsp3) is 1.00. The molecule has 12 heavy (non-hydrogen) atoms. The minimum atomic E-state index is 0.379. The summed E-state index contributed by atoms with van der Waals surface area (Å²) in [6, 6.07) is 0.634. The Hall–Kier alpha value is 0.250. The molecule has 2 atom stereocenters. The van der Waals surface area contributed by atoms with E-state index in [9.17, 15) is 0 Å². The largest absolute Gasteiger partial charge is 0.313 e. The second-order valence-corrected chi connectivity index (χ2v) is 4.51. The van der Waals surface area contributed by atoms with Crippen molar-refractivity contribution in [2.24, 2.45) is 5.92 Å². The van der Waals surface area contributed by atoms with Crippen LogP contribution in [0.2, 0.25) is 0 Å². The molecule has 1 fully saturated rings. The van der Waals surface area contributed by atoms with Crippen LogP contribution in [0.15, 0.2) is 0 Å². The van der Waals surface area contributed by atoms with Crippen LogP contribution in [0.1, 0.15) is 39.5 Å². The third-order valence-corrected chi connectivity index (χ3v) is 3.03. The summed E-state index contributed by atoms with van der Waals surface area (Å²) in [4.78, 5) is 0. The molecule has 72 valence electrons. The van der Waals surface area contributed by atoms with Gasteiger partial charge in [-0.2, -0.15) is 0 Å². The number of alkyl halides is 1. The van der Waals surface area contributed by atoms with Crippen molar-refractivity contribution in [3.05, 3.63) is 0 Å². The Morgan fingerprint density at radius 3 is 2.67 bits per heavy atom. The van der Waals surface area contributed by atoms with E-state index in [-0.39, 0.29) is 0 Å². The molecule has 0 aromatic carbocycles. The van der Waals surface area contributed by atoms with Gasteiger partial charge in [0.15, 0.2) is 0 Å². The molecule has 0 radical (unpaired) electrons. The van der Waals surface area contributed by atoms with Crippen LogP contribution in [0.3, 0.4) is 0 Å². The summed E-state index contributed by atoms with van der Waals surface area (Å²) in [6.07, 6.45) is 5.20. The molecule has 1 aliphatic carbocycles. The zero-order chi connectivity index (χ0) is 8.97. The number of rotatable bonds is 6. The lowest BCUT2D eigenvalue weighted by atomic mass is 10.2. The first-order valence-electron chi connectivity index (χ1n) is 5.11. The van der Waals surface area contributed by atoms with Crippen LogP contribution in [0.5, 0.6) is 0 Å². The molecular weight excluding hydrogens is 170 g/mol. The lowest BCUT2D eigenvalue weighted by molar-refractivity contribution is 0.494. The van der Waals surface area contributed by atoms with E-state index in [1.807, 2.05) is 0 Å². The maximum Gasteiger partial charge on any atom is 0.0488 e. The Morgan fingerprint density at radius 2 is 2.17 bits per heavy atom. The standard InChI is InChI=1S/C10H20ClN/c1-3-4-8(2)12-7-10(11)9-5-6-9/h8-10,12H,3-7H2,1-2H3. The van der Waals surface area contributed by atoms with Gasteiger partial charge in [-0.05, 0) is 32.1 Å². The van der Waals surface area contributed by atoms with Crippen molar-refractivity contribution in [2.45, 2.75) is 50.9 Å². The average molecular weight is 190 g/mol. The van der Waals surface area contributed by atoms with E-state index in [2.05, 4.69) is 19.2 Å². The molecule has 1 saturated carbocycles. The molecule has 0 saturated heterocycles. The molecule has 0 aromatic heterocycles. The van der Waals surface area contributed by atoms with Crippen molar-refractivity contribution in [3.8, 4) is 0 Å². The summed E-state index contributed by atoms with van der Waals surface area (Å²) in [5.74, 6) is 0.813. The van der Waals surface area contributed by atoms with Crippen LogP contribution < -0.4 is 5.32 Å². The Balaban J connectivity index is 1.99. The summed E-state index contributed by atoms with van der Waals surface area (Å²) in [7, 11) is 0. The van der Waals surface area contributed by atoms with Crippen LogP contribution >= 0.6 is 11.6 Å². The average Bonchev–Trinajstić information content (AvgIpc) is 2.83. The van der Waals surface area contributed by atoms with E-state index in [4.69, 9.17) is 11.6 Å². The predicted octanol–water partition coefficient (Wildman–Crippen LogP) is 2.78. The predicted molar refractivity (Wildman–Crippen MR) is 54.7 cm³/mol. The molecule has 2 unspecified atom stereocenters. The van der Waals surface area contributed by atoms with Gasteiger partial charge in [-0.3, -0.25) is 0 Å². The van der Waals surface area contributed by atoms with Crippen LogP contribution in [-0.2, 0) is 0 Å². The van der Waals surface area contributed by atoms with E-state index in [0.717, 1.165) is 12.5 Å². The lowest BCUT2D eigenvalue weighted by Crippen LogP contribution is -2.32. The first-order valence-corrected chi connectivity index (χ1v) is 5.55. The van der Waals surface area contributed by atoms with E-state index in [1.165, 1.54) is 25.7 Å². The molecular formula is C10H20ClN. The molecule has 2 heteroatoms. The topological polar surface area (TPSA) is 12.0 Å². The van der Waals surface area contributed by atoms with Crippen LogP contribution in [0, 0.1) is 5.92 Å². The van der Waals surface area contributed by atoms with Crippen molar-refractivity contribution >= 4 is 11.6 Å². The minimum absolute atomic E-state index is 0.379. The van der Waals surface area contributed by atoms with E-state index >= 15 is 0 Å². The number of halogens is 1. The molecule has 1 N–H and O–H groups in total. The monoisotopic (exact) mass is 189 g/mol. The van der Waals surface area contributed by atoms with Crippen molar-refractivity contribution in [3.63, 3.8) is 0 Å². The number of nitrogens with one attached hydrogen (secondary N) is 1. The van der Waals surface area contributed by atoms with E-state index < -0.39 is 0 Å². The van der Waals surface area contributed by atoms with Gasteiger partial charge in [-0.25, -0.2) is 0 Å². The van der Waals surface area contributed by atoms with Crippen molar-refractivity contribution in [1.82, 2.24) is 5.32 Å². The first kappa shape index (κ1) is 10.3. The molecule has 0 aliphatic heterocycles. The van der Waals surface area contributed by atoms with Gasteiger partial charge in [0.05, 0.1) is 0 Å². The maximum absolute atomic E-state index is 6.16. The molecule has 1 rings (SSSR count). The Morgan fingerprint density at radius 1 is 1.50 bits per heavy atom. The van der Waals surface area contributed by atoms with Crippen molar-refractivity contribution in [1.29, 1.82) is 0 Å². The molecule has 0 bridgehead atoms. The lowest BCUT2D eigenvalue weighted by Gasteiger charge is -2.15. The van der Waals surface area contributed by atoms with E-state index in [1.54, 1.807) is 0 Å². The van der Waals surface area contributed by atoms with Gasteiger partial charge in [0, 0.05) is 18.0 Å². The van der Waals surface area contributed by atoms with Gasteiger partial charge in [0.1, 0.15) is 0 Å². The van der Waals surface area contributed by atoms with Gasteiger partial charge in [-0.15, -0.1) is 11.6 Å². The Labute approximate surface area is 80.9 Å². The SMILES string of the molecule is CCCC(C)NCC(Cl)C1CC1. The minimum Gasteiger partial charge on any atom is -0.313 e. The quantitative estimate of drug-likeness (QED) is 0.634. The highest BCUT2D eigenvalue weighted by molar-refractivity contribution is 6.21. The highest BCUT2D eigenvalue weighted by atomic mass is 35.5. The fourth-order valence-corrected chi connectivity index (χ4v) is 1.81. The summed E-state index contributed by atoms with van der Waals surface area (Å²) in [5.41, 5.74) is 0. The fourth-order valence-electron chi connectivity index (χ4n) is 1.47. The van der Waals surface area contributed by atoms with Crippen LogP contribution in [0.4, 0.5) is 0 Å². The number of hydrogen-bond acceptors (Lipinski definition) is 1. The van der Waals surface area contributed by atoms with Gasteiger partial charge >= 0.3 is 0 Å². The third-order valence-electron chi connectivity index (χ3n) is 2.52. The van der Waals surface area contributed by atoms with Crippen molar-refractivity contribution in [2.75, 3.05) is 6.54 Å². The zero-order valence-corrected chi connectivity index (χ0v) is 8.90. The summed E-state index contributed by atoms with van der Waals surface area (Å²) < 4.78 is 0. The normalized spacial score (nSPS) is 22.2. The van der Waals surface area contributed by atoms with Crippen molar-refractivity contribution < 1.29 is 0 Å². The van der Waals surface area contributed by atoms with Crippen LogP contribution in [-0.4, -0.2) is 18.0 Å². The molecule has 0 aromatic rings. The highest BCUT2D eigenvalue weighted by Crippen LogP contribution is 2.35. The van der Waals surface area contributed by atoms with E-state index in [0.29, 0.717) is 11.4 Å². The van der Waals surface area contributed by atoms with Gasteiger partial charge in [0.2, 0.25) is 0 Å². The second-order valence-electron chi connectivity index (χ2n) is 3.95.